The fourth-order valence-corrected chi connectivity index (χ4v) is 1.52. The zero-order valence-corrected chi connectivity index (χ0v) is 10.9. The summed E-state index contributed by atoms with van der Waals surface area (Å²) >= 11 is 5.63. The van der Waals surface area contributed by atoms with Gasteiger partial charge in [0.1, 0.15) is 11.6 Å². The molecule has 1 N–H and O–H groups in total. The largest absolute Gasteiger partial charge is 0.467 e. The molecule has 1 aromatic carbocycles. The van der Waals surface area contributed by atoms with E-state index in [4.69, 9.17) is 11.6 Å². The SMILES string of the molecule is COC(=O)C(C)NC(=O)c1ccc(Cl)cc1[N+](=O)[O-]. The molecule has 1 atom stereocenters. The van der Waals surface area contributed by atoms with Crippen LogP contribution in [0.15, 0.2) is 18.2 Å². The van der Waals surface area contributed by atoms with E-state index in [1.165, 1.54) is 26.2 Å². The van der Waals surface area contributed by atoms with Gasteiger partial charge in [-0.2, -0.15) is 0 Å². The molecule has 0 fully saturated rings. The van der Waals surface area contributed by atoms with Gasteiger partial charge in [0.05, 0.1) is 12.0 Å². The van der Waals surface area contributed by atoms with Gasteiger partial charge in [-0.3, -0.25) is 14.9 Å². The van der Waals surface area contributed by atoms with E-state index in [0.717, 1.165) is 6.07 Å². The molecule has 0 heterocycles. The average molecular weight is 287 g/mol. The van der Waals surface area contributed by atoms with E-state index in [9.17, 15) is 19.7 Å². The molecule has 0 radical (unpaired) electrons. The number of nitrogens with one attached hydrogen (secondary N) is 1. The van der Waals surface area contributed by atoms with Crippen molar-refractivity contribution in [3.8, 4) is 0 Å². The Morgan fingerprint density at radius 2 is 2.11 bits per heavy atom. The number of rotatable bonds is 4. The van der Waals surface area contributed by atoms with Crippen molar-refractivity contribution in [2.45, 2.75) is 13.0 Å². The summed E-state index contributed by atoms with van der Waals surface area (Å²) in [4.78, 5) is 33.1. The lowest BCUT2D eigenvalue weighted by molar-refractivity contribution is -0.385. The van der Waals surface area contributed by atoms with Gasteiger partial charge in [0.2, 0.25) is 0 Å². The van der Waals surface area contributed by atoms with Crippen LogP contribution in [0.2, 0.25) is 5.02 Å². The third-order valence-corrected chi connectivity index (χ3v) is 2.54. The number of amides is 1. The summed E-state index contributed by atoms with van der Waals surface area (Å²) in [6.45, 7) is 1.41. The summed E-state index contributed by atoms with van der Waals surface area (Å²) in [7, 11) is 1.18. The van der Waals surface area contributed by atoms with Gasteiger partial charge < -0.3 is 10.1 Å². The molecule has 0 saturated heterocycles. The van der Waals surface area contributed by atoms with E-state index in [0.29, 0.717) is 0 Å². The first-order valence-corrected chi connectivity index (χ1v) is 5.57. The minimum atomic E-state index is -0.909. The Balaban J connectivity index is 3.00. The van der Waals surface area contributed by atoms with E-state index in [1.807, 2.05) is 0 Å². The second kappa shape index (κ2) is 6.14. The summed E-state index contributed by atoms with van der Waals surface area (Å²) in [6.07, 6.45) is 0. The molecule has 1 rings (SSSR count). The topological polar surface area (TPSA) is 98.5 Å². The van der Waals surface area contributed by atoms with Crippen molar-refractivity contribution < 1.29 is 19.2 Å². The maximum Gasteiger partial charge on any atom is 0.328 e. The number of carbonyl (C=O) groups is 2. The lowest BCUT2D eigenvalue weighted by Gasteiger charge is -2.11. The molecule has 1 unspecified atom stereocenters. The summed E-state index contributed by atoms with van der Waals surface area (Å²) in [6, 6.07) is 2.73. The quantitative estimate of drug-likeness (QED) is 0.514. The predicted octanol–water partition coefficient (Wildman–Crippen LogP) is 1.54. The van der Waals surface area contributed by atoms with Crippen molar-refractivity contribution in [2.24, 2.45) is 0 Å². The van der Waals surface area contributed by atoms with Crippen LogP contribution in [-0.2, 0) is 9.53 Å². The Hall–Kier alpha value is -2.15. The summed E-state index contributed by atoms with van der Waals surface area (Å²) in [5.74, 6) is -1.40. The Bertz CT molecular complexity index is 532. The minimum absolute atomic E-state index is 0.143. The molecule has 0 aliphatic carbocycles. The summed E-state index contributed by atoms with van der Waals surface area (Å²) in [5.41, 5.74) is -0.604. The Kier molecular flexibility index (Phi) is 4.82. The van der Waals surface area contributed by atoms with E-state index >= 15 is 0 Å². The molecule has 8 heteroatoms. The van der Waals surface area contributed by atoms with Crippen LogP contribution in [0.5, 0.6) is 0 Å². The number of nitrogens with zero attached hydrogens (tertiary/aromatic N) is 1. The molecule has 1 amide bonds. The van der Waals surface area contributed by atoms with Crippen LogP contribution in [0.4, 0.5) is 5.69 Å². The van der Waals surface area contributed by atoms with Crippen LogP contribution < -0.4 is 5.32 Å². The van der Waals surface area contributed by atoms with E-state index in [-0.39, 0.29) is 10.6 Å². The Morgan fingerprint density at radius 3 is 2.63 bits per heavy atom. The first-order chi connectivity index (χ1) is 8.86. The number of hydrogen-bond donors (Lipinski definition) is 1. The van der Waals surface area contributed by atoms with Gasteiger partial charge in [0, 0.05) is 11.1 Å². The second-order valence-corrected chi connectivity index (χ2v) is 4.07. The summed E-state index contributed by atoms with van der Waals surface area (Å²) in [5, 5.41) is 13.3. The van der Waals surface area contributed by atoms with Crippen molar-refractivity contribution in [2.75, 3.05) is 7.11 Å². The lowest BCUT2D eigenvalue weighted by atomic mass is 10.1. The minimum Gasteiger partial charge on any atom is -0.467 e. The van der Waals surface area contributed by atoms with Gasteiger partial charge in [0.15, 0.2) is 0 Å². The molecule has 102 valence electrons. The van der Waals surface area contributed by atoms with Crippen molar-refractivity contribution in [1.29, 1.82) is 0 Å². The maximum atomic E-state index is 11.8. The van der Waals surface area contributed by atoms with Crippen LogP contribution in [0.25, 0.3) is 0 Å². The monoisotopic (exact) mass is 286 g/mol. The van der Waals surface area contributed by atoms with Crippen LogP contribution in [-0.4, -0.2) is 30.0 Å². The number of carbonyl (C=O) groups excluding carboxylic acids is 2. The first-order valence-electron chi connectivity index (χ1n) is 5.19. The van der Waals surface area contributed by atoms with Crippen molar-refractivity contribution in [1.82, 2.24) is 5.32 Å². The Morgan fingerprint density at radius 1 is 1.47 bits per heavy atom. The molecule has 0 aromatic heterocycles. The van der Waals surface area contributed by atoms with Gasteiger partial charge in [-0.1, -0.05) is 11.6 Å². The van der Waals surface area contributed by atoms with Crippen molar-refractivity contribution in [3.05, 3.63) is 38.9 Å². The first kappa shape index (κ1) is 14.9. The predicted molar refractivity (Wildman–Crippen MR) is 67.1 cm³/mol. The molecule has 7 nitrogen and oxygen atoms in total. The smallest absolute Gasteiger partial charge is 0.328 e. The zero-order chi connectivity index (χ0) is 14.6. The van der Waals surface area contributed by atoms with Gasteiger partial charge in [0.25, 0.3) is 11.6 Å². The third kappa shape index (κ3) is 3.65. The van der Waals surface area contributed by atoms with Crippen LogP contribution >= 0.6 is 11.6 Å². The molecule has 0 aliphatic heterocycles. The highest BCUT2D eigenvalue weighted by molar-refractivity contribution is 6.31. The van der Waals surface area contributed by atoms with Crippen molar-refractivity contribution >= 4 is 29.2 Å². The number of ether oxygens (including phenoxy) is 1. The highest BCUT2D eigenvalue weighted by atomic mass is 35.5. The number of hydrogen-bond acceptors (Lipinski definition) is 5. The van der Waals surface area contributed by atoms with E-state index < -0.39 is 28.5 Å². The molecule has 0 aliphatic rings. The fraction of sp³-hybridized carbons (Fsp3) is 0.273. The molecule has 1 aromatic rings. The van der Waals surface area contributed by atoms with E-state index in [2.05, 4.69) is 10.1 Å². The standard InChI is InChI=1S/C11H11ClN2O5/c1-6(11(16)19-2)13-10(15)8-4-3-7(12)5-9(8)14(17)18/h3-6H,1-2H3,(H,13,15). The molecule has 0 bridgehead atoms. The highest BCUT2D eigenvalue weighted by Gasteiger charge is 2.23. The average Bonchev–Trinajstić information content (AvgIpc) is 2.37. The maximum absolute atomic E-state index is 11.8. The van der Waals surface area contributed by atoms with E-state index in [1.54, 1.807) is 0 Å². The van der Waals surface area contributed by atoms with Crippen LogP contribution in [0.3, 0.4) is 0 Å². The summed E-state index contributed by atoms with van der Waals surface area (Å²) < 4.78 is 4.44. The molecular formula is C11H11ClN2O5. The van der Waals surface area contributed by atoms with Crippen molar-refractivity contribution in [3.63, 3.8) is 0 Å². The van der Waals surface area contributed by atoms with Gasteiger partial charge >= 0.3 is 5.97 Å². The number of nitro benzene ring substituents is 1. The number of esters is 1. The number of nitro groups is 1. The second-order valence-electron chi connectivity index (χ2n) is 3.64. The fourth-order valence-electron chi connectivity index (χ4n) is 1.36. The van der Waals surface area contributed by atoms with Crippen LogP contribution in [0, 0.1) is 10.1 Å². The molecular weight excluding hydrogens is 276 g/mol. The molecule has 0 saturated carbocycles. The third-order valence-electron chi connectivity index (χ3n) is 2.30. The van der Waals surface area contributed by atoms with Gasteiger partial charge in [-0.05, 0) is 19.1 Å². The molecule has 19 heavy (non-hydrogen) atoms. The molecule has 0 spiro atoms. The van der Waals surface area contributed by atoms with Gasteiger partial charge in [-0.25, -0.2) is 4.79 Å². The number of halogens is 1. The number of methoxy groups -OCH3 is 1. The normalized spacial score (nSPS) is 11.5. The van der Waals surface area contributed by atoms with Crippen LogP contribution in [0.1, 0.15) is 17.3 Å². The number of benzene rings is 1. The van der Waals surface area contributed by atoms with Gasteiger partial charge in [-0.15, -0.1) is 0 Å². The Labute approximate surface area is 113 Å². The highest BCUT2D eigenvalue weighted by Crippen LogP contribution is 2.23. The zero-order valence-electron chi connectivity index (χ0n) is 10.2. The lowest BCUT2D eigenvalue weighted by Crippen LogP contribution is -2.39.